The van der Waals surface area contributed by atoms with Crippen molar-refractivity contribution in [3.63, 3.8) is 0 Å². The number of carbonyl (C=O) groups excluding carboxylic acids is 2. The van der Waals surface area contributed by atoms with Crippen LogP contribution in [-0.2, 0) is 27.4 Å². The molecule has 1 aromatic heterocycles. The van der Waals surface area contributed by atoms with Gasteiger partial charge in [-0.3, -0.25) is 23.5 Å². The first kappa shape index (κ1) is 28.1. The molecule has 0 unspecified atom stereocenters. The van der Waals surface area contributed by atoms with Crippen LogP contribution in [0.4, 0.5) is 4.79 Å². The monoisotopic (exact) mass is 504 g/mol. The number of hydrogen-bond acceptors (Lipinski definition) is 7. The van der Waals surface area contributed by atoms with Crippen molar-refractivity contribution in [1.29, 1.82) is 0 Å². The van der Waals surface area contributed by atoms with Crippen molar-refractivity contribution in [3.8, 4) is 5.75 Å². The van der Waals surface area contributed by atoms with Gasteiger partial charge in [0.2, 0.25) is 5.91 Å². The molecule has 0 bridgehead atoms. The highest BCUT2D eigenvalue weighted by Gasteiger charge is 2.21. The molecule has 36 heavy (non-hydrogen) atoms. The molecule has 196 valence electrons. The number of aromatic nitrogens is 2. The molecule has 0 aliphatic rings. The molecule has 2 rings (SSSR count). The Bertz CT molecular complexity index is 1210. The molecule has 1 aromatic carbocycles. The molecule has 0 aliphatic heterocycles. The summed E-state index contributed by atoms with van der Waals surface area (Å²) in [5, 5.41) is 11.7. The van der Waals surface area contributed by atoms with E-state index >= 15 is 0 Å². The van der Waals surface area contributed by atoms with E-state index in [0.29, 0.717) is 11.3 Å². The molecule has 0 spiro atoms. The van der Waals surface area contributed by atoms with Crippen molar-refractivity contribution >= 4 is 18.0 Å². The number of amides is 2. The van der Waals surface area contributed by atoms with Crippen molar-refractivity contribution in [2.75, 3.05) is 26.7 Å². The summed E-state index contributed by atoms with van der Waals surface area (Å²) in [6.45, 7) is 5.30. The first-order valence-electron chi connectivity index (χ1n) is 11.2. The smallest absolute Gasteiger partial charge is 0.407 e. The van der Waals surface area contributed by atoms with Gasteiger partial charge in [0.1, 0.15) is 24.4 Å². The minimum absolute atomic E-state index is 0.0177. The van der Waals surface area contributed by atoms with Crippen LogP contribution in [0.15, 0.2) is 40.1 Å². The average Bonchev–Trinajstić information content (AvgIpc) is 2.78. The van der Waals surface area contributed by atoms with Crippen LogP contribution >= 0.6 is 0 Å². The number of methoxy groups -OCH3 is 1. The van der Waals surface area contributed by atoms with Crippen molar-refractivity contribution < 1.29 is 29.0 Å². The van der Waals surface area contributed by atoms with E-state index in [9.17, 15) is 29.1 Å². The van der Waals surface area contributed by atoms with Crippen molar-refractivity contribution in [3.05, 3.63) is 62.4 Å². The Kier molecular flexibility index (Phi) is 9.42. The number of ether oxygens (including phenoxy) is 2. The van der Waals surface area contributed by atoms with Gasteiger partial charge in [-0.1, -0.05) is 12.1 Å². The number of carboxylic acid groups (broad SMARTS) is 1. The van der Waals surface area contributed by atoms with Crippen LogP contribution in [0.1, 0.15) is 31.9 Å². The van der Waals surface area contributed by atoms with Crippen LogP contribution < -0.4 is 21.3 Å². The molecule has 0 saturated carbocycles. The molecule has 2 N–H and O–H groups in total. The second-order valence-electron chi connectivity index (χ2n) is 9.10. The molecule has 0 fully saturated rings. The summed E-state index contributed by atoms with van der Waals surface area (Å²) in [6, 6.07) is 6.84. The zero-order valence-corrected chi connectivity index (χ0v) is 21.1. The van der Waals surface area contributed by atoms with Gasteiger partial charge in [-0.2, -0.15) is 0 Å². The summed E-state index contributed by atoms with van der Waals surface area (Å²) < 4.78 is 12.3. The molecule has 0 atom stereocenters. The number of aliphatic carboxylic acids is 1. The first-order chi connectivity index (χ1) is 16.8. The van der Waals surface area contributed by atoms with Gasteiger partial charge >= 0.3 is 17.8 Å². The second kappa shape index (κ2) is 12.0. The van der Waals surface area contributed by atoms with Gasteiger partial charge in [-0.05, 0) is 45.4 Å². The van der Waals surface area contributed by atoms with Crippen molar-refractivity contribution in [2.45, 2.75) is 46.4 Å². The van der Waals surface area contributed by atoms with E-state index < -0.39 is 47.9 Å². The van der Waals surface area contributed by atoms with Crippen LogP contribution in [0.25, 0.3) is 0 Å². The van der Waals surface area contributed by atoms with Crippen molar-refractivity contribution in [1.82, 2.24) is 19.4 Å². The summed E-state index contributed by atoms with van der Waals surface area (Å²) in [5.41, 5.74) is -0.999. The first-order valence-corrected chi connectivity index (χ1v) is 11.2. The highest BCUT2D eigenvalue weighted by atomic mass is 16.6. The SMILES string of the molecule is COc1ccc(Cn2c(=O)c(C)cn(CC(=O)N(CCNC(=O)OC(C)(C)C)CC(=O)O)c2=O)cc1. The average molecular weight is 505 g/mol. The number of carbonyl (C=O) groups is 3. The number of rotatable bonds is 10. The minimum atomic E-state index is -1.26. The zero-order chi connectivity index (χ0) is 27.0. The standard InChI is InChI=1S/C24H32N4O8/c1-16-12-27(23(34)28(21(16)32)13-17-6-8-18(35-5)9-7-17)14-19(29)26(15-20(30)31)11-10-25-22(33)36-24(2,3)4/h6-9,12H,10-11,13-15H2,1-5H3,(H,25,33)(H,30,31). The third kappa shape index (κ3) is 8.29. The summed E-state index contributed by atoms with van der Waals surface area (Å²) in [7, 11) is 1.52. The Morgan fingerprint density at radius 3 is 2.31 bits per heavy atom. The lowest BCUT2D eigenvalue weighted by Crippen LogP contribution is -2.46. The fraction of sp³-hybridized carbons (Fsp3) is 0.458. The van der Waals surface area contributed by atoms with Gasteiger partial charge in [-0.15, -0.1) is 0 Å². The normalized spacial score (nSPS) is 11.0. The maximum atomic E-state index is 13.0. The van der Waals surface area contributed by atoms with E-state index in [-0.39, 0.29) is 25.2 Å². The quantitative estimate of drug-likeness (QED) is 0.483. The maximum absolute atomic E-state index is 13.0. The second-order valence-corrected chi connectivity index (χ2v) is 9.10. The van der Waals surface area contributed by atoms with Crippen LogP contribution in [0.5, 0.6) is 5.75 Å². The Labute approximate surface area is 208 Å². The number of aryl methyl sites for hydroxylation is 1. The van der Waals surface area contributed by atoms with Gasteiger partial charge in [0, 0.05) is 24.8 Å². The summed E-state index contributed by atoms with van der Waals surface area (Å²) in [6.07, 6.45) is 0.563. The van der Waals surface area contributed by atoms with E-state index in [1.807, 2.05) is 0 Å². The third-order valence-corrected chi connectivity index (χ3v) is 4.94. The summed E-state index contributed by atoms with van der Waals surface area (Å²) in [5.74, 6) is -1.30. The number of nitrogens with one attached hydrogen (secondary N) is 1. The molecular formula is C24H32N4O8. The predicted octanol–water partition coefficient (Wildman–Crippen LogP) is 0.813. The van der Waals surface area contributed by atoms with E-state index in [1.54, 1.807) is 45.0 Å². The lowest BCUT2D eigenvalue weighted by molar-refractivity contribution is -0.144. The third-order valence-electron chi connectivity index (χ3n) is 4.94. The van der Waals surface area contributed by atoms with E-state index in [1.165, 1.54) is 20.2 Å². The van der Waals surface area contributed by atoms with Gasteiger partial charge in [0.05, 0.1) is 13.7 Å². The topological polar surface area (TPSA) is 149 Å². The van der Waals surface area contributed by atoms with Crippen LogP contribution in [0, 0.1) is 6.92 Å². The number of nitrogens with zero attached hydrogens (tertiary/aromatic N) is 3. The zero-order valence-electron chi connectivity index (χ0n) is 21.1. The molecule has 0 radical (unpaired) electrons. The lowest BCUT2D eigenvalue weighted by Gasteiger charge is -2.23. The number of benzene rings is 1. The Balaban J connectivity index is 2.19. The minimum Gasteiger partial charge on any atom is -0.497 e. The van der Waals surface area contributed by atoms with Crippen LogP contribution in [0.2, 0.25) is 0 Å². The van der Waals surface area contributed by atoms with E-state index in [0.717, 1.165) is 14.0 Å². The summed E-state index contributed by atoms with van der Waals surface area (Å²) in [4.78, 5) is 62.7. The van der Waals surface area contributed by atoms with Gasteiger partial charge in [-0.25, -0.2) is 9.59 Å². The predicted molar refractivity (Wildman–Crippen MR) is 130 cm³/mol. The molecular weight excluding hydrogens is 472 g/mol. The Hall–Kier alpha value is -4.09. The highest BCUT2D eigenvalue weighted by molar-refractivity contribution is 5.81. The molecule has 0 aliphatic carbocycles. The van der Waals surface area contributed by atoms with Gasteiger partial charge < -0.3 is 24.8 Å². The van der Waals surface area contributed by atoms with Crippen molar-refractivity contribution in [2.24, 2.45) is 0 Å². The van der Waals surface area contributed by atoms with Gasteiger partial charge in [0.15, 0.2) is 0 Å². The number of hydrogen-bond donors (Lipinski definition) is 2. The molecule has 2 amide bonds. The highest BCUT2D eigenvalue weighted by Crippen LogP contribution is 2.11. The molecule has 2 aromatic rings. The molecule has 1 heterocycles. The van der Waals surface area contributed by atoms with Gasteiger partial charge in [0.25, 0.3) is 5.56 Å². The Morgan fingerprint density at radius 1 is 1.11 bits per heavy atom. The van der Waals surface area contributed by atoms with E-state index in [2.05, 4.69) is 5.32 Å². The fourth-order valence-electron chi connectivity index (χ4n) is 3.27. The number of alkyl carbamates (subject to hydrolysis) is 1. The van der Waals surface area contributed by atoms with Crippen LogP contribution in [0.3, 0.4) is 0 Å². The molecule has 0 saturated heterocycles. The largest absolute Gasteiger partial charge is 0.497 e. The Morgan fingerprint density at radius 2 is 1.75 bits per heavy atom. The summed E-state index contributed by atoms with van der Waals surface area (Å²) >= 11 is 0. The van der Waals surface area contributed by atoms with E-state index in [4.69, 9.17) is 9.47 Å². The molecule has 12 nitrogen and oxygen atoms in total. The maximum Gasteiger partial charge on any atom is 0.407 e. The fourth-order valence-corrected chi connectivity index (χ4v) is 3.27. The molecule has 12 heteroatoms. The number of carboxylic acids is 1. The van der Waals surface area contributed by atoms with Crippen LogP contribution in [-0.4, -0.2) is 69.5 Å². The lowest BCUT2D eigenvalue weighted by atomic mass is 10.2.